The third kappa shape index (κ3) is 3.75. The zero-order valence-corrected chi connectivity index (χ0v) is 14.3. The molecular formula is C12H14BrClN2O4S. The second kappa shape index (κ2) is 5.85. The van der Waals surface area contributed by atoms with Gasteiger partial charge in [-0.15, -0.1) is 0 Å². The summed E-state index contributed by atoms with van der Waals surface area (Å²) < 4.78 is 28.4. The van der Waals surface area contributed by atoms with Crippen LogP contribution in [0.1, 0.15) is 23.7 Å². The number of nitrogens with two attached hydrogens (primary N) is 1. The lowest BCUT2D eigenvalue weighted by molar-refractivity contribution is 0.0889. The number of amides is 1. The number of rotatable bonds is 3. The van der Waals surface area contributed by atoms with Gasteiger partial charge in [0.25, 0.3) is 5.91 Å². The molecule has 1 unspecified atom stereocenters. The second-order valence-electron chi connectivity index (χ2n) is 5.13. The molecule has 9 heteroatoms. The first kappa shape index (κ1) is 16.7. The highest BCUT2D eigenvalue weighted by atomic mass is 79.9. The molecule has 116 valence electrons. The number of carbonyl (C=O) groups excluding carboxylic acids is 1. The first-order chi connectivity index (χ1) is 9.62. The Morgan fingerprint density at radius 1 is 1.52 bits per heavy atom. The highest BCUT2D eigenvalue weighted by molar-refractivity contribution is 9.10. The summed E-state index contributed by atoms with van der Waals surface area (Å²) in [7, 11) is -3.93. The minimum absolute atomic E-state index is 0.0446. The number of benzene rings is 1. The van der Waals surface area contributed by atoms with E-state index in [1.807, 2.05) is 6.92 Å². The number of nitrogens with one attached hydrogen (secondary N) is 1. The van der Waals surface area contributed by atoms with Crippen molar-refractivity contribution in [1.82, 2.24) is 5.32 Å². The number of primary sulfonamides is 1. The smallest absolute Gasteiger partial charge is 0.253 e. The van der Waals surface area contributed by atoms with Crippen molar-refractivity contribution in [1.29, 1.82) is 0 Å². The summed E-state index contributed by atoms with van der Waals surface area (Å²) in [6.07, 6.45) is 0.673. The van der Waals surface area contributed by atoms with Crippen LogP contribution >= 0.6 is 27.5 Å². The van der Waals surface area contributed by atoms with Gasteiger partial charge in [0, 0.05) is 11.1 Å². The van der Waals surface area contributed by atoms with E-state index < -0.39 is 21.5 Å². The Kier molecular flexibility index (Phi) is 4.65. The topological polar surface area (TPSA) is 98.5 Å². The van der Waals surface area contributed by atoms with E-state index in [2.05, 4.69) is 21.2 Å². The van der Waals surface area contributed by atoms with Crippen molar-refractivity contribution in [2.45, 2.75) is 23.8 Å². The zero-order valence-electron chi connectivity index (χ0n) is 11.2. The summed E-state index contributed by atoms with van der Waals surface area (Å²) in [5.74, 6) is -0.473. The molecule has 1 heterocycles. The van der Waals surface area contributed by atoms with E-state index in [0.29, 0.717) is 19.6 Å². The van der Waals surface area contributed by atoms with Gasteiger partial charge >= 0.3 is 0 Å². The molecule has 3 N–H and O–H groups in total. The van der Waals surface area contributed by atoms with Crippen LogP contribution in [0.4, 0.5) is 0 Å². The van der Waals surface area contributed by atoms with Crippen LogP contribution < -0.4 is 10.5 Å². The molecule has 0 bridgehead atoms. The molecule has 2 rings (SSSR count). The minimum Gasteiger partial charge on any atom is -0.379 e. The average Bonchev–Trinajstić information content (AvgIpc) is 2.77. The quantitative estimate of drug-likeness (QED) is 0.810. The highest BCUT2D eigenvalue weighted by Crippen LogP contribution is 2.30. The number of sulfonamides is 1. The molecule has 1 fully saturated rings. The van der Waals surface area contributed by atoms with E-state index in [1.54, 1.807) is 0 Å². The summed E-state index contributed by atoms with van der Waals surface area (Å²) >= 11 is 9.19. The fourth-order valence-electron chi connectivity index (χ4n) is 2.00. The van der Waals surface area contributed by atoms with Crippen LogP contribution in [0.5, 0.6) is 0 Å². The Bertz CT molecular complexity index is 687. The molecule has 0 aliphatic carbocycles. The second-order valence-corrected chi connectivity index (χ2v) is 7.92. The van der Waals surface area contributed by atoms with Crippen LogP contribution in [0, 0.1) is 0 Å². The van der Waals surface area contributed by atoms with E-state index in [4.69, 9.17) is 21.5 Å². The van der Waals surface area contributed by atoms with Gasteiger partial charge in [-0.25, -0.2) is 13.6 Å². The Morgan fingerprint density at radius 2 is 2.19 bits per heavy atom. The van der Waals surface area contributed by atoms with Gasteiger partial charge in [0.1, 0.15) is 0 Å². The van der Waals surface area contributed by atoms with Crippen LogP contribution in [0.2, 0.25) is 5.02 Å². The molecule has 1 aromatic carbocycles. The van der Waals surface area contributed by atoms with Crippen molar-refractivity contribution >= 4 is 43.5 Å². The lowest BCUT2D eigenvalue weighted by atomic mass is 10.0. The predicted molar refractivity (Wildman–Crippen MR) is 81.8 cm³/mol. The molecule has 0 aromatic heterocycles. The number of halogens is 2. The molecule has 1 aromatic rings. The molecule has 0 saturated carbocycles. The lowest BCUT2D eigenvalue weighted by Crippen LogP contribution is -2.46. The fourth-order valence-corrected chi connectivity index (χ4v) is 3.37. The van der Waals surface area contributed by atoms with Crippen molar-refractivity contribution in [2.75, 3.05) is 13.2 Å². The van der Waals surface area contributed by atoms with E-state index in [1.165, 1.54) is 6.07 Å². The summed E-state index contributed by atoms with van der Waals surface area (Å²) in [5, 5.41) is 8.03. The maximum absolute atomic E-state index is 12.4. The lowest BCUT2D eigenvalue weighted by Gasteiger charge is -2.24. The molecular weight excluding hydrogens is 384 g/mol. The molecule has 0 spiro atoms. The molecule has 21 heavy (non-hydrogen) atoms. The number of ether oxygens (including phenoxy) is 1. The van der Waals surface area contributed by atoms with Gasteiger partial charge in [-0.2, -0.15) is 0 Å². The number of carbonyl (C=O) groups is 1. The van der Waals surface area contributed by atoms with E-state index in [9.17, 15) is 13.2 Å². The van der Waals surface area contributed by atoms with Gasteiger partial charge in [0.2, 0.25) is 10.0 Å². The first-order valence-electron chi connectivity index (χ1n) is 6.04. The van der Waals surface area contributed by atoms with Crippen molar-refractivity contribution in [3.05, 3.63) is 27.2 Å². The van der Waals surface area contributed by atoms with E-state index >= 15 is 0 Å². The third-order valence-electron chi connectivity index (χ3n) is 3.21. The Balaban J connectivity index is 2.38. The first-order valence-corrected chi connectivity index (χ1v) is 8.76. The number of hydrogen-bond acceptors (Lipinski definition) is 4. The number of hydrogen-bond donors (Lipinski definition) is 2. The van der Waals surface area contributed by atoms with Crippen molar-refractivity contribution < 1.29 is 17.9 Å². The normalized spacial score (nSPS) is 22.3. The maximum Gasteiger partial charge on any atom is 0.253 e. The summed E-state index contributed by atoms with van der Waals surface area (Å²) in [5.41, 5.74) is -0.451. The average molecular weight is 398 g/mol. The van der Waals surface area contributed by atoms with Crippen molar-refractivity contribution in [2.24, 2.45) is 5.14 Å². The monoisotopic (exact) mass is 396 g/mol. The summed E-state index contributed by atoms with van der Waals surface area (Å²) in [4.78, 5) is 12.2. The summed E-state index contributed by atoms with van der Waals surface area (Å²) in [6, 6.07) is 2.42. The third-order valence-corrected chi connectivity index (χ3v) is 5.36. The van der Waals surface area contributed by atoms with Crippen LogP contribution in [0.25, 0.3) is 0 Å². The van der Waals surface area contributed by atoms with Gasteiger partial charge in [0.05, 0.1) is 27.6 Å². The standard InChI is InChI=1S/C12H14BrClN2O4S/c1-12(2-3-20-6-12)16-11(17)8-4-7(21(15,18)19)5-9(13)10(8)14/h4-5H,2-3,6H2,1H3,(H,16,17)(H2,15,18,19). The minimum atomic E-state index is -3.93. The van der Waals surface area contributed by atoms with Gasteiger partial charge in [-0.3, -0.25) is 4.79 Å². The zero-order chi connectivity index (χ0) is 15.8. The van der Waals surface area contributed by atoms with Gasteiger partial charge in [-0.05, 0) is 41.4 Å². The van der Waals surface area contributed by atoms with E-state index in [-0.39, 0.29) is 20.0 Å². The summed E-state index contributed by atoms with van der Waals surface area (Å²) in [6.45, 7) is 2.81. The van der Waals surface area contributed by atoms with Crippen LogP contribution in [0.3, 0.4) is 0 Å². The van der Waals surface area contributed by atoms with Gasteiger partial charge < -0.3 is 10.1 Å². The highest BCUT2D eigenvalue weighted by Gasteiger charge is 2.32. The van der Waals surface area contributed by atoms with Gasteiger partial charge in [0.15, 0.2) is 0 Å². The largest absolute Gasteiger partial charge is 0.379 e. The Morgan fingerprint density at radius 3 is 2.71 bits per heavy atom. The predicted octanol–water partition coefficient (Wildman–Crippen LogP) is 1.66. The van der Waals surface area contributed by atoms with Crippen LogP contribution in [0.15, 0.2) is 21.5 Å². The molecule has 1 aliphatic heterocycles. The van der Waals surface area contributed by atoms with Gasteiger partial charge in [-0.1, -0.05) is 11.6 Å². The van der Waals surface area contributed by atoms with Crippen molar-refractivity contribution in [3.63, 3.8) is 0 Å². The fraction of sp³-hybridized carbons (Fsp3) is 0.417. The molecule has 6 nitrogen and oxygen atoms in total. The SMILES string of the molecule is CC1(NC(=O)c2cc(S(N)(=O)=O)cc(Br)c2Cl)CCOC1. The molecule has 1 atom stereocenters. The van der Waals surface area contributed by atoms with E-state index in [0.717, 1.165) is 6.07 Å². The maximum atomic E-state index is 12.4. The molecule has 0 radical (unpaired) electrons. The molecule has 1 amide bonds. The molecule has 1 aliphatic rings. The van der Waals surface area contributed by atoms with Crippen molar-refractivity contribution in [3.8, 4) is 0 Å². The Hall–Kier alpha value is -0.670. The van der Waals surface area contributed by atoms with Crippen LogP contribution in [-0.4, -0.2) is 33.1 Å². The van der Waals surface area contributed by atoms with Crippen LogP contribution in [-0.2, 0) is 14.8 Å². The molecule has 1 saturated heterocycles. The Labute approximate surface area is 136 Å².